The molecule has 0 aromatic heterocycles. The van der Waals surface area contributed by atoms with Crippen LogP contribution in [0.4, 0.5) is 0 Å². The summed E-state index contributed by atoms with van der Waals surface area (Å²) in [5.74, 6) is 0. The van der Waals surface area contributed by atoms with Crippen LogP contribution in [-0.4, -0.2) is 15.6 Å². The Hall–Kier alpha value is -0.113. The van der Waals surface area contributed by atoms with Crippen molar-refractivity contribution in [3.63, 3.8) is 0 Å². The van der Waals surface area contributed by atoms with Crippen LogP contribution in [0.1, 0.15) is 71.1 Å². The summed E-state index contributed by atoms with van der Waals surface area (Å²) in [6.07, 6.45) is 12.9. The molecule has 0 rings (SSSR count). The minimum Gasteiger partial charge on any atom is -0.307 e. The summed E-state index contributed by atoms with van der Waals surface area (Å²) in [6.45, 7) is 2.26. The molecule has 0 aromatic rings. The zero-order valence-corrected chi connectivity index (χ0v) is 12.0. The molecule has 0 bridgehead atoms. The Labute approximate surface area is 92.1 Å². The molecule has 0 fully saturated rings. The second-order valence-electron chi connectivity index (χ2n) is 4.28. The van der Waals surface area contributed by atoms with Crippen molar-refractivity contribution in [3.8, 4) is 0 Å². The highest BCUT2D eigenvalue weighted by Crippen LogP contribution is 2.10. The lowest BCUT2D eigenvalue weighted by Crippen LogP contribution is -1.94. The van der Waals surface area contributed by atoms with Gasteiger partial charge in [0.2, 0.25) is 0 Å². The Morgan fingerprint density at radius 3 is 1.71 bits per heavy atom. The molecule has 14 heavy (non-hydrogen) atoms. The van der Waals surface area contributed by atoms with Crippen molar-refractivity contribution in [1.29, 1.82) is 0 Å². The first-order chi connectivity index (χ1) is 6.77. The molecule has 0 aliphatic rings. The van der Waals surface area contributed by atoms with E-state index >= 15 is 0 Å². The molecule has 0 N–H and O–H groups in total. The number of rotatable bonds is 10. The predicted octanol–water partition coefficient (Wildman–Crippen LogP) is 2.80. The quantitative estimate of drug-likeness (QED) is 0.404. The molecule has 0 aliphatic heterocycles. The highest BCUT2D eigenvalue weighted by atomic mass is 28.1. The lowest BCUT2D eigenvalue weighted by atomic mass is 10.1. The molecule has 0 aliphatic carbocycles. The summed E-state index contributed by atoms with van der Waals surface area (Å²) in [4.78, 5) is 10.7. The molecule has 0 atom stereocenters. The van der Waals surface area contributed by atoms with E-state index < -0.39 is 0 Å². The fourth-order valence-corrected chi connectivity index (χ4v) is 2.04. The van der Waals surface area contributed by atoms with Crippen LogP contribution < -0.4 is 0 Å². The van der Waals surface area contributed by atoms with E-state index in [4.69, 9.17) is 0 Å². The predicted molar refractivity (Wildman–Crippen MR) is 66.8 cm³/mol. The lowest BCUT2D eigenvalue weighted by molar-refractivity contribution is -0.111. The average molecular weight is 214 g/mol. The van der Waals surface area contributed by atoms with E-state index in [0.29, 0.717) is 5.41 Å². The zero-order chi connectivity index (χ0) is 10.6. The summed E-state index contributed by atoms with van der Waals surface area (Å²) in [6, 6.07) is 0. The van der Waals surface area contributed by atoms with Gasteiger partial charge in [-0.3, -0.25) is 0 Å². The highest BCUT2D eigenvalue weighted by Gasteiger charge is 1.94. The van der Waals surface area contributed by atoms with Gasteiger partial charge in [-0.25, -0.2) is 0 Å². The minimum atomic E-state index is 0.480. The van der Waals surface area contributed by atoms with Crippen LogP contribution in [0.25, 0.3) is 0 Å². The first kappa shape index (κ1) is 13.9. The van der Waals surface area contributed by atoms with Crippen molar-refractivity contribution in [1.82, 2.24) is 0 Å². The molecular weight excluding hydrogens is 188 g/mol. The van der Waals surface area contributed by atoms with E-state index in [1.807, 2.05) is 0 Å². The molecule has 0 amide bonds. The number of hydrogen-bond donors (Lipinski definition) is 0. The van der Waals surface area contributed by atoms with Gasteiger partial charge in [0.25, 0.3) is 0 Å². The zero-order valence-electron chi connectivity index (χ0n) is 9.98. The monoisotopic (exact) mass is 214 g/mol. The molecule has 0 heterocycles. The van der Waals surface area contributed by atoms with E-state index in [-0.39, 0.29) is 0 Å². The van der Waals surface area contributed by atoms with Crippen LogP contribution in [0.2, 0.25) is 0 Å². The molecule has 0 unspecified atom stereocenters. The van der Waals surface area contributed by atoms with E-state index in [0.717, 1.165) is 23.1 Å². The molecule has 0 aromatic carbocycles. The number of carbonyl (C=O) groups excluding carboxylic acids is 1. The fourth-order valence-electron chi connectivity index (χ4n) is 1.68. The summed E-state index contributed by atoms with van der Waals surface area (Å²) >= 11 is 0. The van der Waals surface area contributed by atoms with Crippen LogP contribution >= 0.6 is 0 Å². The molecule has 2 heteroatoms. The molecule has 1 nitrogen and oxygen atoms in total. The summed E-state index contributed by atoms with van der Waals surface area (Å²) in [7, 11) is 0.751. The Morgan fingerprint density at radius 1 is 0.857 bits per heavy atom. The maximum Gasteiger partial charge on any atom is 0.100 e. The average Bonchev–Trinajstić information content (AvgIpc) is 2.15. The van der Waals surface area contributed by atoms with Crippen molar-refractivity contribution < 1.29 is 4.79 Å². The first-order valence-corrected chi connectivity index (χ1v) is 7.26. The maximum atomic E-state index is 10.7. The standard InChI is InChI=1S/C12H26OSi/c1-2-3-4-5-6-7-8-9-10-11-12(13)14/h2-11H2,1,14H3. The first-order valence-electron chi connectivity index (χ1n) is 6.26. The Morgan fingerprint density at radius 2 is 1.29 bits per heavy atom. The van der Waals surface area contributed by atoms with Crippen molar-refractivity contribution >= 4 is 15.6 Å². The van der Waals surface area contributed by atoms with Gasteiger partial charge in [-0.1, -0.05) is 58.3 Å². The van der Waals surface area contributed by atoms with Crippen LogP contribution in [0.5, 0.6) is 0 Å². The summed E-state index contributed by atoms with van der Waals surface area (Å²) in [5.41, 5.74) is 0. The van der Waals surface area contributed by atoms with Gasteiger partial charge in [0.1, 0.15) is 5.41 Å². The van der Waals surface area contributed by atoms with E-state index in [9.17, 15) is 4.79 Å². The molecule has 84 valence electrons. The number of hydrogen-bond acceptors (Lipinski definition) is 1. The largest absolute Gasteiger partial charge is 0.307 e. The molecule has 0 radical (unpaired) electrons. The number of carbonyl (C=O) groups is 1. The van der Waals surface area contributed by atoms with Gasteiger partial charge in [0, 0.05) is 6.42 Å². The van der Waals surface area contributed by atoms with Crippen LogP contribution in [0.3, 0.4) is 0 Å². The normalized spacial score (nSPS) is 10.6. The molecular formula is C12H26OSi. The van der Waals surface area contributed by atoms with Crippen LogP contribution in [-0.2, 0) is 4.79 Å². The highest BCUT2D eigenvalue weighted by molar-refractivity contribution is 6.57. The molecule has 0 spiro atoms. The van der Waals surface area contributed by atoms with Gasteiger partial charge in [0.15, 0.2) is 0 Å². The summed E-state index contributed by atoms with van der Waals surface area (Å²) < 4.78 is 0. The van der Waals surface area contributed by atoms with E-state index in [1.54, 1.807) is 0 Å². The van der Waals surface area contributed by atoms with Gasteiger partial charge in [-0.15, -0.1) is 0 Å². The van der Waals surface area contributed by atoms with Crippen LogP contribution in [0, 0.1) is 0 Å². The molecule has 0 saturated heterocycles. The third kappa shape index (κ3) is 11.9. The van der Waals surface area contributed by atoms with Crippen molar-refractivity contribution in [2.75, 3.05) is 0 Å². The topological polar surface area (TPSA) is 17.1 Å². The maximum absolute atomic E-state index is 10.7. The molecule has 0 saturated carbocycles. The van der Waals surface area contributed by atoms with Gasteiger partial charge in [-0.05, 0) is 6.42 Å². The van der Waals surface area contributed by atoms with Crippen molar-refractivity contribution in [2.24, 2.45) is 0 Å². The fraction of sp³-hybridized carbons (Fsp3) is 0.917. The third-order valence-corrected chi connectivity index (χ3v) is 3.13. The Balaban J connectivity index is 2.88. The third-order valence-electron chi connectivity index (χ3n) is 2.63. The van der Waals surface area contributed by atoms with E-state index in [2.05, 4.69) is 6.92 Å². The lowest BCUT2D eigenvalue weighted by Gasteiger charge is -2.00. The second kappa shape index (κ2) is 11.0. The van der Waals surface area contributed by atoms with Gasteiger partial charge in [0.05, 0.1) is 10.2 Å². The second-order valence-corrected chi connectivity index (χ2v) is 5.40. The van der Waals surface area contributed by atoms with Gasteiger partial charge < -0.3 is 4.79 Å². The summed E-state index contributed by atoms with van der Waals surface area (Å²) in [5, 5.41) is 0.480. The van der Waals surface area contributed by atoms with Crippen molar-refractivity contribution in [2.45, 2.75) is 71.1 Å². The van der Waals surface area contributed by atoms with Crippen LogP contribution in [0.15, 0.2) is 0 Å². The van der Waals surface area contributed by atoms with Crippen molar-refractivity contribution in [3.05, 3.63) is 0 Å². The van der Waals surface area contributed by atoms with E-state index in [1.165, 1.54) is 51.4 Å². The minimum absolute atomic E-state index is 0.480. The Bertz CT molecular complexity index is 134. The smallest absolute Gasteiger partial charge is 0.100 e. The SMILES string of the molecule is CCCCCCCCCCCC(=O)[SiH3]. The van der Waals surface area contributed by atoms with Gasteiger partial charge >= 0.3 is 0 Å². The number of unbranched alkanes of at least 4 members (excludes halogenated alkanes) is 8. The Kier molecular flexibility index (Phi) is 10.9. The van der Waals surface area contributed by atoms with Gasteiger partial charge in [-0.2, -0.15) is 0 Å².